The second kappa shape index (κ2) is 7.41. The van der Waals surface area contributed by atoms with Crippen LogP contribution in [0.3, 0.4) is 0 Å². The Hall–Kier alpha value is -1.62. The number of ketones is 1. The van der Waals surface area contributed by atoms with Gasteiger partial charge in [0.2, 0.25) is 0 Å². The van der Waals surface area contributed by atoms with Gasteiger partial charge < -0.3 is 10.1 Å². The molecule has 0 spiro atoms. The SMILES string of the molecule is Cc1cc(Cl)ncc1C(=O)CCCNC(=O)OC(C)(C)C. The number of carbonyl (C=O) groups excluding carboxylic acids is 2. The Balaban J connectivity index is 2.36. The van der Waals surface area contributed by atoms with E-state index in [1.165, 1.54) is 6.20 Å². The zero-order valence-electron chi connectivity index (χ0n) is 12.8. The number of halogens is 1. The summed E-state index contributed by atoms with van der Waals surface area (Å²) in [5.41, 5.74) is 0.850. The van der Waals surface area contributed by atoms with Crippen molar-refractivity contribution in [3.63, 3.8) is 0 Å². The molecule has 1 N–H and O–H groups in total. The topological polar surface area (TPSA) is 68.3 Å². The van der Waals surface area contributed by atoms with Crippen molar-refractivity contribution in [3.8, 4) is 0 Å². The van der Waals surface area contributed by atoms with E-state index < -0.39 is 11.7 Å². The van der Waals surface area contributed by atoms with Gasteiger partial charge in [0.05, 0.1) is 0 Å². The molecule has 1 aromatic heterocycles. The smallest absolute Gasteiger partial charge is 0.407 e. The maximum Gasteiger partial charge on any atom is 0.407 e. The molecule has 1 aromatic rings. The van der Waals surface area contributed by atoms with Gasteiger partial charge in [0.15, 0.2) is 5.78 Å². The van der Waals surface area contributed by atoms with Crippen molar-refractivity contribution < 1.29 is 14.3 Å². The standard InChI is InChI=1S/C15H21ClN2O3/c1-10-8-13(16)18-9-11(10)12(19)6-5-7-17-14(20)21-15(2,3)4/h8-9H,5-7H2,1-4H3,(H,17,20). The lowest BCUT2D eigenvalue weighted by molar-refractivity contribution is 0.0525. The van der Waals surface area contributed by atoms with Crippen molar-refractivity contribution in [3.05, 3.63) is 28.5 Å². The van der Waals surface area contributed by atoms with Gasteiger partial charge in [-0.25, -0.2) is 9.78 Å². The Morgan fingerprint density at radius 2 is 2.05 bits per heavy atom. The number of nitrogens with zero attached hydrogens (tertiary/aromatic N) is 1. The van der Waals surface area contributed by atoms with Crippen LogP contribution < -0.4 is 5.32 Å². The number of amides is 1. The first kappa shape index (κ1) is 17.4. The maximum absolute atomic E-state index is 12.0. The molecule has 0 atom stereocenters. The van der Waals surface area contributed by atoms with Crippen molar-refractivity contribution in [2.45, 2.75) is 46.1 Å². The van der Waals surface area contributed by atoms with Gasteiger partial charge in [-0.1, -0.05) is 11.6 Å². The number of aryl methyl sites for hydroxylation is 1. The molecule has 5 nitrogen and oxygen atoms in total. The Morgan fingerprint density at radius 3 is 2.62 bits per heavy atom. The van der Waals surface area contributed by atoms with Crippen LogP contribution in [0.1, 0.15) is 49.5 Å². The highest BCUT2D eigenvalue weighted by Gasteiger charge is 2.16. The van der Waals surface area contributed by atoms with Gasteiger partial charge in [-0.3, -0.25) is 4.79 Å². The van der Waals surface area contributed by atoms with E-state index in [2.05, 4.69) is 10.3 Å². The van der Waals surface area contributed by atoms with Crippen LogP contribution in [-0.4, -0.2) is 29.0 Å². The van der Waals surface area contributed by atoms with E-state index in [1.807, 2.05) is 6.92 Å². The van der Waals surface area contributed by atoms with E-state index in [0.717, 1.165) is 5.56 Å². The fraction of sp³-hybridized carbons (Fsp3) is 0.533. The second-order valence-electron chi connectivity index (χ2n) is 5.78. The molecule has 0 bridgehead atoms. The number of hydrogen-bond acceptors (Lipinski definition) is 4. The first-order valence-corrected chi connectivity index (χ1v) is 7.19. The third kappa shape index (κ3) is 6.58. The number of nitrogens with one attached hydrogen (secondary N) is 1. The van der Waals surface area contributed by atoms with Crippen LogP contribution in [0.2, 0.25) is 5.15 Å². The average Bonchev–Trinajstić information content (AvgIpc) is 2.32. The van der Waals surface area contributed by atoms with Crippen molar-refractivity contribution >= 4 is 23.5 Å². The minimum atomic E-state index is -0.522. The summed E-state index contributed by atoms with van der Waals surface area (Å²) in [7, 11) is 0. The molecule has 1 amide bonds. The number of hydrogen-bond donors (Lipinski definition) is 1. The summed E-state index contributed by atoms with van der Waals surface area (Å²) in [6.45, 7) is 7.60. The summed E-state index contributed by atoms with van der Waals surface area (Å²) in [5.74, 6) is -0.0114. The third-order valence-electron chi connectivity index (χ3n) is 2.63. The lowest BCUT2D eigenvalue weighted by Gasteiger charge is -2.19. The normalized spacial score (nSPS) is 11.1. The molecule has 116 valence electrons. The van der Waals surface area contributed by atoms with Crippen molar-refractivity contribution in [1.82, 2.24) is 10.3 Å². The summed E-state index contributed by atoms with van der Waals surface area (Å²) >= 11 is 5.75. The zero-order valence-corrected chi connectivity index (χ0v) is 13.6. The highest BCUT2D eigenvalue weighted by molar-refractivity contribution is 6.29. The summed E-state index contributed by atoms with van der Waals surface area (Å²) in [5, 5.41) is 2.99. The van der Waals surface area contributed by atoms with E-state index in [4.69, 9.17) is 16.3 Å². The Labute approximate surface area is 130 Å². The number of carbonyl (C=O) groups is 2. The van der Waals surface area contributed by atoms with E-state index >= 15 is 0 Å². The molecule has 0 aliphatic heterocycles. The van der Waals surface area contributed by atoms with Crippen molar-refractivity contribution in [2.24, 2.45) is 0 Å². The summed E-state index contributed by atoms with van der Waals surface area (Å²) < 4.78 is 5.10. The number of pyridine rings is 1. The Morgan fingerprint density at radius 1 is 1.38 bits per heavy atom. The van der Waals surface area contributed by atoms with Gasteiger partial charge in [-0.15, -0.1) is 0 Å². The molecule has 21 heavy (non-hydrogen) atoms. The van der Waals surface area contributed by atoms with Crippen LogP contribution in [0.5, 0.6) is 0 Å². The molecule has 0 saturated carbocycles. The summed E-state index contributed by atoms with van der Waals surface area (Å²) in [6, 6.07) is 1.66. The van der Waals surface area contributed by atoms with E-state index in [0.29, 0.717) is 30.1 Å². The predicted molar refractivity (Wildman–Crippen MR) is 81.8 cm³/mol. The minimum Gasteiger partial charge on any atom is -0.444 e. The number of rotatable bonds is 5. The minimum absolute atomic E-state index is 0.0114. The molecular formula is C15H21ClN2O3. The predicted octanol–water partition coefficient (Wildman–Crippen LogP) is 3.53. The Kier molecular flexibility index (Phi) is 6.15. The molecule has 0 unspecified atom stereocenters. The van der Waals surface area contributed by atoms with Crippen LogP contribution in [0.4, 0.5) is 4.79 Å². The molecule has 0 aliphatic carbocycles. The van der Waals surface area contributed by atoms with Gasteiger partial charge in [-0.05, 0) is 45.7 Å². The highest BCUT2D eigenvalue weighted by atomic mass is 35.5. The van der Waals surface area contributed by atoms with Gasteiger partial charge in [0.25, 0.3) is 0 Å². The van der Waals surface area contributed by atoms with Gasteiger partial charge in [0.1, 0.15) is 10.8 Å². The van der Waals surface area contributed by atoms with Crippen LogP contribution in [-0.2, 0) is 4.74 Å². The van der Waals surface area contributed by atoms with E-state index in [1.54, 1.807) is 26.8 Å². The first-order valence-electron chi connectivity index (χ1n) is 6.81. The molecule has 0 radical (unpaired) electrons. The van der Waals surface area contributed by atoms with Crippen molar-refractivity contribution in [2.75, 3.05) is 6.54 Å². The lowest BCUT2D eigenvalue weighted by atomic mass is 10.0. The highest BCUT2D eigenvalue weighted by Crippen LogP contribution is 2.14. The number of ether oxygens (including phenoxy) is 1. The van der Waals surface area contributed by atoms with Crippen LogP contribution >= 0.6 is 11.6 Å². The largest absolute Gasteiger partial charge is 0.444 e. The number of alkyl carbamates (subject to hydrolysis) is 1. The molecule has 1 rings (SSSR count). The van der Waals surface area contributed by atoms with E-state index in [9.17, 15) is 9.59 Å². The fourth-order valence-electron chi connectivity index (χ4n) is 1.70. The quantitative estimate of drug-likeness (QED) is 0.513. The molecule has 6 heteroatoms. The zero-order chi connectivity index (χ0) is 16.0. The van der Waals surface area contributed by atoms with Crippen LogP contribution in [0, 0.1) is 6.92 Å². The molecular weight excluding hydrogens is 292 g/mol. The van der Waals surface area contributed by atoms with Gasteiger partial charge in [-0.2, -0.15) is 0 Å². The second-order valence-corrected chi connectivity index (χ2v) is 6.16. The van der Waals surface area contributed by atoms with Gasteiger partial charge >= 0.3 is 6.09 Å². The first-order chi connectivity index (χ1) is 9.69. The lowest BCUT2D eigenvalue weighted by Crippen LogP contribution is -2.33. The van der Waals surface area contributed by atoms with Gasteiger partial charge in [0, 0.05) is 24.7 Å². The molecule has 0 aromatic carbocycles. The fourth-order valence-corrected chi connectivity index (χ4v) is 1.91. The summed E-state index contributed by atoms with van der Waals surface area (Å²) in [4.78, 5) is 27.4. The van der Waals surface area contributed by atoms with E-state index in [-0.39, 0.29) is 5.78 Å². The molecule has 0 saturated heterocycles. The summed E-state index contributed by atoms with van der Waals surface area (Å²) in [6.07, 6.45) is 1.89. The maximum atomic E-state index is 12.0. The van der Waals surface area contributed by atoms with Crippen LogP contribution in [0.25, 0.3) is 0 Å². The monoisotopic (exact) mass is 312 g/mol. The molecule has 0 fully saturated rings. The van der Waals surface area contributed by atoms with Crippen molar-refractivity contribution in [1.29, 1.82) is 0 Å². The average molecular weight is 313 g/mol. The third-order valence-corrected chi connectivity index (χ3v) is 2.83. The van der Waals surface area contributed by atoms with Crippen LogP contribution in [0.15, 0.2) is 12.3 Å². The Bertz CT molecular complexity index is 524. The molecule has 0 aliphatic rings. The molecule has 1 heterocycles. The number of Topliss-reactive ketones (excluding diaryl/α,β-unsaturated/α-hetero) is 1. The number of aromatic nitrogens is 1.